The molecule has 0 aromatic carbocycles. The average Bonchev–Trinajstić information content (AvgIpc) is 2.72. The topological polar surface area (TPSA) is 75.4 Å². The largest absolute Gasteiger partial charge is 0.481 e. The molecule has 104 valence electrons. The normalized spacial score (nSPS) is 19.8. The van der Waals surface area contributed by atoms with Gasteiger partial charge in [0.15, 0.2) is 0 Å². The zero-order valence-corrected chi connectivity index (χ0v) is 11.3. The number of carboxylic acid groups (broad SMARTS) is 1. The van der Waals surface area contributed by atoms with E-state index in [9.17, 15) is 9.59 Å². The fourth-order valence-corrected chi connectivity index (χ4v) is 2.36. The Labute approximate surface area is 112 Å². The van der Waals surface area contributed by atoms with Crippen molar-refractivity contribution in [1.82, 2.24) is 14.7 Å². The van der Waals surface area contributed by atoms with E-state index in [0.29, 0.717) is 25.9 Å². The number of aryl methyl sites for hydroxylation is 2. The van der Waals surface area contributed by atoms with Gasteiger partial charge in [0.2, 0.25) is 5.91 Å². The van der Waals surface area contributed by atoms with Gasteiger partial charge >= 0.3 is 5.97 Å². The molecule has 1 aliphatic heterocycles. The molecule has 1 unspecified atom stereocenters. The molecule has 6 heteroatoms. The number of hydrogen-bond donors (Lipinski definition) is 1. The lowest BCUT2D eigenvalue weighted by atomic mass is 9.97. The summed E-state index contributed by atoms with van der Waals surface area (Å²) >= 11 is 0. The Kier molecular flexibility index (Phi) is 3.87. The smallest absolute Gasteiger partial charge is 0.308 e. The molecule has 0 radical (unpaired) electrons. The van der Waals surface area contributed by atoms with Gasteiger partial charge in [-0.1, -0.05) is 6.92 Å². The van der Waals surface area contributed by atoms with E-state index >= 15 is 0 Å². The summed E-state index contributed by atoms with van der Waals surface area (Å²) in [6, 6.07) is 1.97. The Balaban J connectivity index is 2.09. The Hall–Kier alpha value is -1.85. The number of carbonyl (C=O) groups is 2. The summed E-state index contributed by atoms with van der Waals surface area (Å²) < 4.78 is 1.76. The van der Waals surface area contributed by atoms with E-state index in [1.54, 1.807) is 9.58 Å². The first-order chi connectivity index (χ1) is 9.01. The van der Waals surface area contributed by atoms with Crippen molar-refractivity contribution in [2.24, 2.45) is 13.0 Å². The van der Waals surface area contributed by atoms with Gasteiger partial charge in [-0.15, -0.1) is 0 Å². The molecule has 0 spiro atoms. The maximum absolute atomic E-state index is 11.9. The highest BCUT2D eigenvalue weighted by Crippen LogP contribution is 2.20. The minimum Gasteiger partial charge on any atom is -0.481 e. The van der Waals surface area contributed by atoms with E-state index in [1.807, 2.05) is 20.0 Å². The quantitative estimate of drug-likeness (QED) is 0.874. The van der Waals surface area contributed by atoms with Gasteiger partial charge in [0.05, 0.1) is 23.9 Å². The first-order valence-electron chi connectivity index (χ1n) is 6.53. The summed E-state index contributed by atoms with van der Waals surface area (Å²) in [7, 11) is 1.84. The maximum atomic E-state index is 11.9. The van der Waals surface area contributed by atoms with Crippen molar-refractivity contribution in [2.45, 2.75) is 32.7 Å². The van der Waals surface area contributed by atoms with Crippen molar-refractivity contribution in [3.8, 4) is 0 Å². The van der Waals surface area contributed by atoms with Crippen molar-refractivity contribution in [3.63, 3.8) is 0 Å². The van der Waals surface area contributed by atoms with Crippen LogP contribution in [0.5, 0.6) is 0 Å². The van der Waals surface area contributed by atoms with Crippen LogP contribution in [0, 0.1) is 5.92 Å². The first-order valence-corrected chi connectivity index (χ1v) is 6.53. The first kappa shape index (κ1) is 13.6. The number of aliphatic carboxylic acids is 1. The number of hydrogen-bond acceptors (Lipinski definition) is 3. The monoisotopic (exact) mass is 265 g/mol. The van der Waals surface area contributed by atoms with Crippen LogP contribution in [0.3, 0.4) is 0 Å². The van der Waals surface area contributed by atoms with Crippen LogP contribution in [0.4, 0.5) is 0 Å². The fraction of sp³-hybridized carbons (Fsp3) is 0.615. The zero-order chi connectivity index (χ0) is 14.0. The van der Waals surface area contributed by atoms with Gasteiger partial charge in [0.25, 0.3) is 0 Å². The van der Waals surface area contributed by atoms with Gasteiger partial charge < -0.3 is 10.0 Å². The van der Waals surface area contributed by atoms with Crippen LogP contribution in [0.15, 0.2) is 6.07 Å². The molecule has 1 N–H and O–H groups in total. The Morgan fingerprint density at radius 2 is 2.32 bits per heavy atom. The predicted molar refractivity (Wildman–Crippen MR) is 68.4 cm³/mol. The van der Waals surface area contributed by atoms with Crippen LogP contribution >= 0.6 is 0 Å². The number of likely N-dealkylation sites (tertiary alicyclic amines) is 1. The third kappa shape index (κ3) is 2.94. The molecule has 1 atom stereocenters. The van der Waals surface area contributed by atoms with E-state index in [0.717, 1.165) is 17.8 Å². The average molecular weight is 265 g/mol. The molecule has 0 saturated carbocycles. The lowest BCUT2D eigenvalue weighted by Crippen LogP contribution is -2.42. The summed E-state index contributed by atoms with van der Waals surface area (Å²) in [5, 5.41) is 13.4. The second-order valence-corrected chi connectivity index (χ2v) is 4.95. The lowest BCUT2D eigenvalue weighted by Gasteiger charge is -2.30. The highest BCUT2D eigenvalue weighted by Gasteiger charge is 2.30. The van der Waals surface area contributed by atoms with Gasteiger partial charge in [-0.3, -0.25) is 14.3 Å². The Morgan fingerprint density at radius 1 is 1.58 bits per heavy atom. The molecule has 1 fully saturated rings. The number of aromatic nitrogens is 2. The zero-order valence-electron chi connectivity index (χ0n) is 11.3. The number of piperidine rings is 1. The Morgan fingerprint density at radius 3 is 2.89 bits per heavy atom. The van der Waals surface area contributed by atoms with Crippen molar-refractivity contribution in [1.29, 1.82) is 0 Å². The molecule has 1 aliphatic rings. The number of nitrogens with zero attached hydrogens (tertiary/aromatic N) is 3. The number of carboxylic acids is 1. The fourth-order valence-electron chi connectivity index (χ4n) is 2.36. The molecule has 2 heterocycles. The summed E-state index contributed by atoms with van der Waals surface area (Å²) in [4.78, 5) is 24.5. The number of rotatable bonds is 4. The van der Waals surface area contributed by atoms with Crippen molar-refractivity contribution >= 4 is 11.9 Å². The van der Waals surface area contributed by atoms with Gasteiger partial charge in [0.1, 0.15) is 0 Å². The molecular formula is C13H19N3O3. The van der Waals surface area contributed by atoms with Crippen LogP contribution in [0.2, 0.25) is 0 Å². The molecule has 2 rings (SSSR count). The van der Waals surface area contributed by atoms with Gasteiger partial charge in [-0.2, -0.15) is 5.10 Å². The SMILES string of the molecule is CCc1cc(CN2CC(C(=O)O)CCC2=O)n(C)n1. The van der Waals surface area contributed by atoms with E-state index in [1.165, 1.54) is 0 Å². The molecule has 1 aromatic heterocycles. The minimum atomic E-state index is -0.822. The maximum Gasteiger partial charge on any atom is 0.308 e. The van der Waals surface area contributed by atoms with Crippen molar-refractivity contribution in [2.75, 3.05) is 6.54 Å². The number of amides is 1. The summed E-state index contributed by atoms with van der Waals surface area (Å²) in [5.41, 5.74) is 1.92. The van der Waals surface area contributed by atoms with Gasteiger partial charge in [-0.25, -0.2) is 0 Å². The van der Waals surface area contributed by atoms with Gasteiger partial charge in [-0.05, 0) is 18.9 Å². The van der Waals surface area contributed by atoms with E-state index in [2.05, 4.69) is 5.10 Å². The molecule has 1 amide bonds. The van der Waals surface area contributed by atoms with Crippen LogP contribution in [0.25, 0.3) is 0 Å². The third-order valence-electron chi connectivity index (χ3n) is 3.59. The van der Waals surface area contributed by atoms with Crippen molar-refractivity contribution in [3.05, 3.63) is 17.5 Å². The predicted octanol–water partition coefficient (Wildman–Crippen LogP) is 0.806. The number of carbonyl (C=O) groups excluding carboxylic acids is 1. The van der Waals surface area contributed by atoms with Crippen LogP contribution in [-0.4, -0.2) is 38.2 Å². The van der Waals surface area contributed by atoms with Crippen LogP contribution in [0.1, 0.15) is 31.2 Å². The lowest BCUT2D eigenvalue weighted by molar-refractivity contribution is -0.147. The molecule has 1 saturated heterocycles. The summed E-state index contributed by atoms with van der Waals surface area (Å²) in [6.45, 7) is 2.76. The minimum absolute atomic E-state index is 0.0248. The van der Waals surface area contributed by atoms with E-state index < -0.39 is 11.9 Å². The molecular weight excluding hydrogens is 246 g/mol. The summed E-state index contributed by atoms with van der Waals surface area (Å²) in [5.74, 6) is -1.25. The second-order valence-electron chi connectivity index (χ2n) is 4.95. The molecule has 1 aromatic rings. The van der Waals surface area contributed by atoms with E-state index in [4.69, 9.17) is 5.11 Å². The van der Waals surface area contributed by atoms with Crippen LogP contribution in [-0.2, 0) is 29.6 Å². The van der Waals surface area contributed by atoms with Crippen LogP contribution < -0.4 is 0 Å². The molecule has 0 bridgehead atoms. The van der Waals surface area contributed by atoms with Crippen molar-refractivity contribution < 1.29 is 14.7 Å². The molecule has 6 nitrogen and oxygen atoms in total. The van der Waals surface area contributed by atoms with Gasteiger partial charge in [0, 0.05) is 20.0 Å². The highest BCUT2D eigenvalue weighted by molar-refractivity contribution is 5.80. The van der Waals surface area contributed by atoms with E-state index in [-0.39, 0.29) is 5.91 Å². The second kappa shape index (κ2) is 5.42. The Bertz CT molecular complexity index is 495. The highest BCUT2D eigenvalue weighted by atomic mass is 16.4. The third-order valence-corrected chi connectivity index (χ3v) is 3.59. The summed E-state index contributed by atoms with van der Waals surface area (Å²) in [6.07, 6.45) is 1.60. The molecule has 0 aliphatic carbocycles. The standard InChI is InChI=1S/C13H19N3O3/c1-3-10-6-11(15(2)14-10)8-16-7-9(13(18)19)4-5-12(16)17/h6,9H,3-5,7-8H2,1-2H3,(H,18,19). The molecule has 19 heavy (non-hydrogen) atoms.